The molecule has 1 N–H and O–H groups in total. The lowest BCUT2D eigenvalue weighted by atomic mass is 10.1. The van der Waals surface area contributed by atoms with Gasteiger partial charge in [0.15, 0.2) is 0 Å². The quantitative estimate of drug-likeness (QED) is 0.940. The maximum absolute atomic E-state index is 4.56. The smallest absolute Gasteiger partial charge is 0.0766 e. The topological polar surface area (TPSA) is 29.9 Å². The van der Waals surface area contributed by atoms with E-state index in [4.69, 9.17) is 0 Å². The summed E-state index contributed by atoms with van der Waals surface area (Å²) >= 11 is 3.69. The third-order valence-corrected chi connectivity index (χ3v) is 4.70. The maximum atomic E-state index is 4.56. The lowest BCUT2D eigenvalue weighted by Gasteiger charge is -2.11. The first kappa shape index (κ1) is 12.7. The summed E-state index contributed by atoms with van der Waals surface area (Å²) in [6, 6.07) is 9.03. The molecule has 0 bridgehead atoms. The van der Waals surface area contributed by atoms with Crippen molar-refractivity contribution >= 4 is 21.6 Å². The van der Waals surface area contributed by atoms with Gasteiger partial charge in [-0.15, -0.1) is 0 Å². The van der Waals surface area contributed by atoms with Gasteiger partial charge < -0.3 is 5.32 Å². The Morgan fingerprint density at radius 3 is 2.89 bits per heavy atom. The molecule has 0 saturated carbocycles. The minimum Gasteiger partial charge on any atom is -0.381 e. The second-order valence-corrected chi connectivity index (χ2v) is 5.88. The van der Waals surface area contributed by atoms with Crippen molar-refractivity contribution in [3.63, 3.8) is 0 Å². The zero-order valence-corrected chi connectivity index (χ0v) is 12.9. The Morgan fingerprint density at radius 1 is 1.42 bits per heavy atom. The fraction of sp³-hybridized carbons (Fsp3) is 0.400. The summed E-state index contributed by atoms with van der Waals surface area (Å²) in [7, 11) is 2.03. The van der Waals surface area contributed by atoms with Crippen molar-refractivity contribution < 1.29 is 0 Å². The van der Waals surface area contributed by atoms with Gasteiger partial charge in [0.25, 0.3) is 0 Å². The Kier molecular flexibility index (Phi) is 3.35. The van der Waals surface area contributed by atoms with Crippen molar-refractivity contribution in [2.24, 2.45) is 7.05 Å². The van der Waals surface area contributed by atoms with Crippen LogP contribution in [-0.2, 0) is 26.3 Å². The van der Waals surface area contributed by atoms with Gasteiger partial charge in [-0.3, -0.25) is 4.68 Å². The molecule has 0 spiro atoms. The predicted molar refractivity (Wildman–Crippen MR) is 81.5 cm³/mol. The zero-order valence-electron chi connectivity index (χ0n) is 11.3. The van der Waals surface area contributed by atoms with Gasteiger partial charge in [0.05, 0.1) is 15.9 Å². The van der Waals surface area contributed by atoms with Gasteiger partial charge in [0, 0.05) is 25.2 Å². The number of fused-ring (bicyclic) bond motifs is 1. The standard InChI is InChI=1S/C15H18BrN3/c1-3-12-15(16)14(19(2)18-12)9-11-8-10-6-4-5-7-13(10)17-11/h4-7,11,17H,3,8-9H2,1-2H3. The molecule has 0 aliphatic carbocycles. The number of halogens is 1. The van der Waals surface area contributed by atoms with Gasteiger partial charge >= 0.3 is 0 Å². The molecule has 1 aliphatic heterocycles. The lowest BCUT2D eigenvalue weighted by molar-refractivity contribution is 0.650. The number of anilines is 1. The summed E-state index contributed by atoms with van der Waals surface area (Å²) in [5, 5.41) is 8.16. The van der Waals surface area contributed by atoms with Crippen molar-refractivity contribution in [2.75, 3.05) is 5.32 Å². The van der Waals surface area contributed by atoms with E-state index in [0.29, 0.717) is 6.04 Å². The van der Waals surface area contributed by atoms with Crippen molar-refractivity contribution in [3.05, 3.63) is 45.7 Å². The number of hydrogen-bond donors (Lipinski definition) is 1. The first-order valence-electron chi connectivity index (χ1n) is 6.73. The summed E-state index contributed by atoms with van der Waals surface area (Å²) in [6.07, 6.45) is 3.06. The van der Waals surface area contributed by atoms with Crippen molar-refractivity contribution in [1.29, 1.82) is 0 Å². The van der Waals surface area contributed by atoms with Crippen molar-refractivity contribution in [1.82, 2.24) is 9.78 Å². The fourth-order valence-corrected chi connectivity index (χ4v) is 3.55. The van der Waals surface area contributed by atoms with Crippen molar-refractivity contribution in [2.45, 2.75) is 32.2 Å². The summed E-state index contributed by atoms with van der Waals surface area (Å²) in [5.74, 6) is 0. The minimum atomic E-state index is 0.466. The van der Waals surface area contributed by atoms with E-state index in [2.05, 4.69) is 57.5 Å². The number of nitrogens with one attached hydrogen (secondary N) is 1. The van der Waals surface area contributed by atoms with E-state index >= 15 is 0 Å². The average Bonchev–Trinajstić information content (AvgIpc) is 2.94. The Bertz CT molecular complexity index is 578. The molecule has 3 nitrogen and oxygen atoms in total. The number of rotatable bonds is 3. The molecule has 0 saturated heterocycles. The average molecular weight is 320 g/mol. The molecule has 1 aromatic heterocycles. The molecule has 0 fully saturated rings. The number of hydrogen-bond acceptors (Lipinski definition) is 2. The lowest BCUT2D eigenvalue weighted by Crippen LogP contribution is -2.20. The minimum absolute atomic E-state index is 0.466. The predicted octanol–water partition coefficient (Wildman–Crippen LogP) is 3.32. The largest absolute Gasteiger partial charge is 0.381 e. The molecule has 19 heavy (non-hydrogen) atoms. The number of aromatic nitrogens is 2. The molecule has 1 aliphatic rings. The van der Waals surface area contributed by atoms with Gasteiger partial charge in [-0.1, -0.05) is 25.1 Å². The SMILES string of the molecule is CCc1nn(C)c(CC2Cc3ccccc3N2)c1Br. The molecule has 3 rings (SSSR count). The Balaban J connectivity index is 1.79. The summed E-state index contributed by atoms with van der Waals surface area (Å²) in [6.45, 7) is 2.14. The van der Waals surface area contributed by atoms with Crippen LogP contribution in [0.2, 0.25) is 0 Å². The molecule has 1 atom stereocenters. The molecule has 0 amide bonds. The van der Waals surface area contributed by atoms with E-state index in [9.17, 15) is 0 Å². The highest BCUT2D eigenvalue weighted by Gasteiger charge is 2.23. The molecule has 0 radical (unpaired) electrons. The molecular formula is C15H18BrN3. The van der Waals surface area contributed by atoms with Gasteiger partial charge in [0.1, 0.15) is 0 Å². The highest BCUT2D eigenvalue weighted by atomic mass is 79.9. The molecule has 1 unspecified atom stereocenters. The molecular weight excluding hydrogens is 302 g/mol. The Hall–Kier alpha value is -1.29. The van der Waals surface area contributed by atoms with Crippen LogP contribution in [-0.4, -0.2) is 15.8 Å². The van der Waals surface area contributed by atoms with Crippen LogP contribution in [0.3, 0.4) is 0 Å². The summed E-state index contributed by atoms with van der Waals surface area (Å²) in [5.41, 5.74) is 5.12. The highest BCUT2D eigenvalue weighted by Crippen LogP contribution is 2.29. The van der Waals surface area contributed by atoms with Crippen LogP contribution in [0.5, 0.6) is 0 Å². The molecule has 4 heteroatoms. The normalized spacial score (nSPS) is 17.3. The van der Waals surface area contributed by atoms with E-state index in [1.165, 1.54) is 21.4 Å². The first-order valence-corrected chi connectivity index (χ1v) is 7.53. The third-order valence-electron chi connectivity index (χ3n) is 3.79. The van der Waals surface area contributed by atoms with Gasteiger partial charge in [-0.2, -0.15) is 5.10 Å². The maximum Gasteiger partial charge on any atom is 0.0766 e. The molecule has 2 aromatic rings. The van der Waals surface area contributed by atoms with Crippen LogP contribution in [0, 0.1) is 0 Å². The summed E-state index contributed by atoms with van der Waals surface area (Å²) < 4.78 is 3.18. The van der Waals surface area contributed by atoms with Crippen LogP contribution in [0.1, 0.15) is 23.9 Å². The van der Waals surface area contributed by atoms with E-state index in [1.807, 2.05) is 11.7 Å². The van der Waals surface area contributed by atoms with Crippen LogP contribution in [0.25, 0.3) is 0 Å². The second kappa shape index (κ2) is 5.00. The Labute approximate surface area is 122 Å². The van der Waals surface area contributed by atoms with Gasteiger partial charge in [-0.25, -0.2) is 0 Å². The zero-order chi connectivity index (χ0) is 13.4. The molecule has 1 aromatic carbocycles. The fourth-order valence-electron chi connectivity index (χ4n) is 2.77. The van der Waals surface area contributed by atoms with Crippen LogP contribution in [0.15, 0.2) is 28.7 Å². The molecule has 100 valence electrons. The first-order chi connectivity index (χ1) is 9.19. The van der Waals surface area contributed by atoms with E-state index < -0.39 is 0 Å². The van der Waals surface area contributed by atoms with Gasteiger partial charge in [0.2, 0.25) is 0 Å². The van der Waals surface area contributed by atoms with E-state index in [-0.39, 0.29) is 0 Å². The highest BCUT2D eigenvalue weighted by molar-refractivity contribution is 9.10. The van der Waals surface area contributed by atoms with E-state index in [0.717, 1.165) is 25.0 Å². The van der Waals surface area contributed by atoms with Crippen LogP contribution >= 0.6 is 15.9 Å². The number of nitrogens with zero attached hydrogens (tertiary/aromatic N) is 2. The second-order valence-electron chi connectivity index (χ2n) is 5.09. The Morgan fingerprint density at radius 2 is 2.21 bits per heavy atom. The van der Waals surface area contributed by atoms with E-state index in [1.54, 1.807) is 0 Å². The number of benzene rings is 1. The van der Waals surface area contributed by atoms with Crippen LogP contribution in [0.4, 0.5) is 5.69 Å². The third kappa shape index (κ3) is 2.29. The molecule has 2 heterocycles. The monoisotopic (exact) mass is 319 g/mol. The number of aryl methyl sites for hydroxylation is 2. The van der Waals surface area contributed by atoms with Crippen LogP contribution < -0.4 is 5.32 Å². The number of para-hydroxylation sites is 1. The van der Waals surface area contributed by atoms with Gasteiger partial charge in [-0.05, 0) is 40.4 Å². The summed E-state index contributed by atoms with van der Waals surface area (Å²) in [4.78, 5) is 0. The van der Waals surface area contributed by atoms with Crippen molar-refractivity contribution in [3.8, 4) is 0 Å².